The van der Waals surface area contributed by atoms with Gasteiger partial charge in [0.2, 0.25) is 17.7 Å². The molecule has 0 saturated heterocycles. The predicted octanol–water partition coefficient (Wildman–Crippen LogP) is 2.58. The first-order valence-electron chi connectivity index (χ1n) is 7.67. The van der Waals surface area contributed by atoms with E-state index in [0.717, 1.165) is 0 Å². The summed E-state index contributed by atoms with van der Waals surface area (Å²) in [6, 6.07) is 4.86. The van der Waals surface area contributed by atoms with E-state index in [1.165, 1.54) is 27.5 Å². The van der Waals surface area contributed by atoms with Gasteiger partial charge in [-0.25, -0.2) is 13.1 Å². The van der Waals surface area contributed by atoms with Crippen LogP contribution in [-0.4, -0.2) is 44.7 Å². The first-order valence-corrected chi connectivity index (χ1v) is 9.53. The summed E-state index contributed by atoms with van der Waals surface area (Å²) in [6.45, 7) is 0.141. The predicted molar refractivity (Wildman–Crippen MR) is 100.0 cm³/mol. The van der Waals surface area contributed by atoms with Crippen LogP contribution in [0.25, 0.3) is 10.9 Å². The highest BCUT2D eigenvalue weighted by atomic mass is 35.5. The molecule has 2 aromatic heterocycles. The van der Waals surface area contributed by atoms with Crippen molar-refractivity contribution in [3.63, 3.8) is 0 Å². The van der Waals surface area contributed by atoms with Crippen molar-refractivity contribution in [3.05, 3.63) is 35.0 Å². The van der Waals surface area contributed by atoms with Crippen molar-refractivity contribution in [2.75, 3.05) is 26.1 Å². The van der Waals surface area contributed by atoms with Gasteiger partial charge in [0.1, 0.15) is 10.5 Å². The molecule has 0 aliphatic rings. The molecule has 3 aromatic rings. The second-order valence-electron chi connectivity index (χ2n) is 5.43. The quantitative estimate of drug-likeness (QED) is 0.612. The summed E-state index contributed by atoms with van der Waals surface area (Å²) >= 11 is 5.94. The summed E-state index contributed by atoms with van der Waals surface area (Å²) in [5, 5.41) is 0.981. The Kier molecular flexibility index (Phi) is 5.40. The lowest BCUT2D eigenvalue weighted by Crippen LogP contribution is -2.16. The minimum atomic E-state index is -3.98. The molecule has 0 unspecified atom stereocenters. The standard InChI is InChI=1S/C16H17ClN4O5S/c1-24-8-11-14(25-2)19-16(20-15(11)26-3)21-27(22,23)13-7-18-12-6-9(17)4-5-10(12)13/h4-7,18H,8H2,1-3H3,(H,19,20,21). The molecule has 2 N–H and O–H groups in total. The molecule has 1 aromatic carbocycles. The second kappa shape index (κ2) is 7.59. The third kappa shape index (κ3) is 3.77. The lowest BCUT2D eigenvalue weighted by atomic mass is 10.2. The van der Waals surface area contributed by atoms with Crippen molar-refractivity contribution in [2.24, 2.45) is 0 Å². The zero-order valence-electron chi connectivity index (χ0n) is 14.7. The molecule has 0 amide bonds. The number of methoxy groups -OCH3 is 3. The molecule has 3 rings (SSSR count). The summed E-state index contributed by atoms with van der Waals surface area (Å²) in [6.07, 6.45) is 1.37. The number of benzene rings is 1. The fraction of sp³-hybridized carbons (Fsp3) is 0.250. The minimum Gasteiger partial charge on any atom is -0.481 e. The van der Waals surface area contributed by atoms with Crippen molar-refractivity contribution in [1.29, 1.82) is 0 Å². The minimum absolute atomic E-state index is 0.0386. The first kappa shape index (κ1) is 19.2. The van der Waals surface area contributed by atoms with E-state index in [0.29, 0.717) is 21.5 Å². The van der Waals surface area contributed by atoms with E-state index in [2.05, 4.69) is 19.7 Å². The van der Waals surface area contributed by atoms with Gasteiger partial charge >= 0.3 is 0 Å². The Hall–Kier alpha value is -2.56. The van der Waals surface area contributed by atoms with Crippen LogP contribution in [0.3, 0.4) is 0 Å². The van der Waals surface area contributed by atoms with E-state index < -0.39 is 10.0 Å². The van der Waals surface area contributed by atoms with Gasteiger partial charge in [-0.2, -0.15) is 9.97 Å². The van der Waals surface area contributed by atoms with E-state index in [4.69, 9.17) is 25.8 Å². The summed E-state index contributed by atoms with van der Waals surface area (Å²) in [5.41, 5.74) is 1.06. The van der Waals surface area contributed by atoms with Crippen molar-refractivity contribution in [2.45, 2.75) is 11.5 Å². The summed E-state index contributed by atoms with van der Waals surface area (Å²) in [5.74, 6) is 0.103. The van der Waals surface area contributed by atoms with Crippen molar-refractivity contribution >= 4 is 38.5 Å². The van der Waals surface area contributed by atoms with Crippen LogP contribution in [-0.2, 0) is 21.4 Å². The molecule has 11 heteroatoms. The number of rotatable bonds is 7. The molecule has 0 saturated carbocycles. The Labute approximate surface area is 160 Å². The average Bonchev–Trinajstić information content (AvgIpc) is 3.06. The Morgan fingerprint density at radius 3 is 2.41 bits per heavy atom. The topological polar surface area (TPSA) is 115 Å². The number of aromatic nitrogens is 3. The van der Waals surface area contributed by atoms with Crippen molar-refractivity contribution < 1.29 is 22.6 Å². The highest BCUT2D eigenvalue weighted by Crippen LogP contribution is 2.30. The van der Waals surface area contributed by atoms with Gasteiger partial charge in [0.05, 0.1) is 20.8 Å². The molecule has 0 fully saturated rings. The maximum Gasteiger partial charge on any atom is 0.266 e. The number of nitrogens with one attached hydrogen (secondary N) is 2. The van der Waals surface area contributed by atoms with Crippen molar-refractivity contribution in [1.82, 2.24) is 15.0 Å². The number of ether oxygens (including phenoxy) is 3. The third-order valence-electron chi connectivity index (χ3n) is 3.73. The smallest absolute Gasteiger partial charge is 0.266 e. The zero-order valence-corrected chi connectivity index (χ0v) is 16.3. The molecule has 144 valence electrons. The van der Waals surface area contributed by atoms with Gasteiger partial charge in [-0.15, -0.1) is 0 Å². The van der Waals surface area contributed by atoms with E-state index in [-0.39, 0.29) is 29.2 Å². The Bertz CT molecular complexity index is 1060. The average molecular weight is 413 g/mol. The van der Waals surface area contributed by atoms with Crippen LogP contribution in [0.4, 0.5) is 5.95 Å². The van der Waals surface area contributed by atoms with Gasteiger partial charge in [-0.1, -0.05) is 11.6 Å². The second-order valence-corrected chi connectivity index (χ2v) is 7.51. The monoisotopic (exact) mass is 412 g/mol. The van der Waals surface area contributed by atoms with Crippen molar-refractivity contribution in [3.8, 4) is 11.8 Å². The molecule has 0 spiro atoms. The molecule has 27 heavy (non-hydrogen) atoms. The van der Waals surface area contributed by atoms with E-state index in [9.17, 15) is 8.42 Å². The number of hydrogen-bond donors (Lipinski definition) is 2. The number of hydrogen-bond acceptors (Lipinski definition) is 7. The Morgan fingerprint density at radius 1 is 1.15 bits per heavy atom. The molecule has 0 bridgehead atoms. The number of sulfonamides is 1. The van der Waals surface area contributed by atoms with Crippen LogP contribution < -0.4 is 14.2 Å². The third-order valence-corrected chi connectivity index (χ3v) is 5.33. The lowest BCUT2D eigenvalue weighted by Gasteiger charge is -2.13. The molecule has 0 radical (unpaired) electrons. The van der Waals surface area contributed by atoms with Gasteiger partial charge in [0.25, 0.3) is 10.0 Å². The number of aromatic amines is 1. The van der Waals surface area contributed by atoms with E-state index in [1.807, 2.05) is 0 Å². The Balaban J connectivity index is 2.02. The maximum atomic E-state index is 12.8. The van der Waals surface area contributed by atoms with Gasteiger partial charge in [-0.05, 0) is 18.2 Å². The fourth-order valence-corrected chi connectivity index (χ4v) is 3.86. The van der Waals surface area contributed by atoms with Crippen LogP contribution in [0.5, 0.6) is 11.8 Å². The zero-order chi connectivity index (χ0) is 19.6. The lowest BCUT2D eigenvalue weighted by molar-refractivity contribution is 0.176. The largest absolute Gasteiger partial charge is 0.481 e. The van der Waals surface area contributed by atoms with Gasteiger partial charge in [0.15, 0.2) is 0 Å². The molecule has 0 atom stereocenters. The van der Waals surface area contributed by atoms with E-state index in [1.54, 1.807) is 18.2 Å². The van der Waals surface area contributed by atoms with E-state index >= 15 is 0 Å². The Morgan fingerprint density at radius 2 is 1.81 bits per heavy atom. The normalized spacial score (nSPS) is 11.6. The summed E-state index contributed by atoms with van der Waals surface area (Å²) < 4.78 is 43.5. The fourth-order valence-electron chi connectivity index (χ4n) is 2.56. The maximum absolute atomic E-state index is 12.8. The summed E-state index contributed by atoms with van der Waals surface area (Å²) in [7, 11) is 0.333. The molecular weight excluding hydrogens is 396 g/mol. The SMILES string of the molecule is COCc1c(OC)nc(NS(=O)(=O)c2c[nH]c3cc(Cl)ccc23)nc1OC. The number of H-pyrrole nitrogens is 1. The number of halogens is 1. The number of nitrogens with zero attached hydrogens (tertiary/aromatic N) is 2. The number of fused-ring (bicyclic) bond motifs is 1. The van der Waals surface area contributed by atoms with Gasteiger partial charge in [-0.3, -0.25) is 0 Å². The van der Waals surface area contributed by atoms with Crippen LogP contribution in [0.15, 0.2) is 29.3 Å². The van der Waals surface area contributed by atoms with Crippen LogP contribution >= 0.6 is 11.6 Å². The highest BCUT2D eigenvalue weighted by Gasteiger charge is 2.23. The highest BCUT2D eigenvalue weighted by molar-refractivity contribution is 7.93. The van der Waals surface area contributed by atoms with Gasteiger partial charge < -0.3 is 19.2 Å². The molecular formula is C16H17ClN4O5S. The molecule has 9 nitrogen and oxygen atoms in total. The number of anilines is 1. The van der Waals surface area contributed by atoms with Crippen LogP contribution in [0.1, 0.15) is 5.56 Å². The van der Waals surface area contributed by atoms with Crippen LogP contribution in [0.2, 0.25) is 5.02 Å². The molecule has 0 aliphatic carbocycles. The summed E-state index contributed by atoms with van der Waals surface area (Å²) in [4.78, 5) is 11.1. The molecule has 2 heterocycles. The van der Waals surface area contributed by atoms with Crippen LogP contribution in [0, 0.1) is 0 Å². The first-order chi connectivity index (χ1) is 12.9. The van der Waals surface area contributed by atoms with Gasteiger partial charge in [0, 0.05) is 29.2 Å². The molecule has 0 aliphatic heterocycles.